The first-order chi connectivity index (χ1) is 17.4. The SMILES string of the molecule is [2H]C([2H])([2H])Oc1nc(N[C@@H]2CN(C(C)=O)CC2(F)F)nn2ccc(-c3ccc4nnn(CCF)c4c3)c12. The second-order valence-corrected chi connectivity index (χ2v) is 7.93. The minimum atomic E-state index is -3.26. The number of carbonyl (C=O) groups excluding carboxylic acids is 1. The average Bonchev–Trinajstić information content (AvgIpc) is 3.49. The summed E-state index contributed by atoms with van der Waals surface area (Å²) < 4.78 is 72.5. The van der Waals surface area contributed by atoms with Crippen molar-refractivity contribution in [2.45, 2.75) is 25.4 Å². The maximum absolute atomic E-state index is 14.5. The highest BCUT2D eigenvalue weighted by Gasteiger charge is 2.49. The molecule has 5 rings (SSSR count). The third-order valence-electron chi connectivity index (χ3n) is 5.76. The number of benzene rings is 1. The zero-order chi connectivity index (χ0) is 26.5. The Morgan fingerprint density at radius 3 is 2.97 bits per heavy atom. The molecule has 3 aromatic heterocycles. The molecule has 0 spiro atoms. The van der Waals surface area contributed by atoms with Crippen molar-refractivity contribution in [2.24, 2.45) is 0 Å². The summed E-state index contributed by atoms with van der Waals surface area (Å²) in [7, 11) is -2.90. The van der Waals surface area contributed by atoms with Crippen LogP contribution in [0.25, 0.3) is 27.7 Å². The molecule has 4 aromatic rings. The number of carbonyl (C=O) groups is 1. The number of aromatic nitrogens is 6. The molecule has 0 unspecified atom stereocenters. The van der Waals surface area contributed by atoms with E-state index in [1.807, 2.05) is 0 Å². The first-order valence-electron chi connectivity index (χ1n) is 11.8. The largest absolute Gasteiger partial charge is 0.479 e. The van der Waals surface area contributed by atoms with Crippen LogP contribution in [0, 0.1) is 0 Å². The Labute approximate surface area is 195 Å². The van der Waals surface area contributed by atoms with Gasteiger partial charge >= 0.3 is 0 Å². The van der Waals surface area contributed by atoms with Crippen molar-refractivity contribution in [3.05, 3.63) is 30.5 Å². The molecule has 1 amide bonds. The fourth-order valence-electron chi connectivity index (χ4n) is 4.07. The fourth-order valence-corrected chi connectivity index (χ4v) is 4.07. The summed E-state index contributed by atoms with van der Waals surface area (Å²) in [6, 6.07) is 5.25. The van der Waals surface area contributed by atoms with E-state index < -0.39 is 38.1 Å². The highest BCUT2D eigenvalue weighted by Crippen LogP contribution is 2.34. The molecule has 0 radical (unpaired) electrons. The number of aryl methyl sites for hydroxylation is 1. The summed E-state index contributed by atoms with van der Waals surface area (Å²) >= 11 is 0. The number of anilines is 1. The van der Waals surface area contributed by atoms with Crippen LogP contribution in [0.5, 0.6) is 5.88 Å². The number of nitrogens with zero attached hydrogens (tertiary/aromatic N) is 7. The molecule has 0 aliphatic carbocycles. The van der Waals surface area contributed by atoms with Crippen molar-refractivity contribution in [3.63, 3.8) is 0 Å². The molecule has 178 valence electrons. The van der Waals surface area contributed by atoms with Crippen molar-refractivity contribution in [2.75, 3.05) is 32.1 Å². The quantitative estimate of drug-likeness (QED) is 0.455. The van der Waals surface area contributed by atoms with Gasteiger partial charge in [-0.15, -0.1) is 10.2 Å². The number of ether oxygens (including phenoxy) is 1. The Morgan fingerprint density at radius 1 is 1.38 bits per heavy atom. The highest BCUT2D eigenvalue weighted by molar-refractivity contribution is 5.89. The zero-order valence-corrected chi connectivity index (χ0v) is 17.9. The number of rotatable bonds is 6. The number of alkyl halides is 3. The van der Waals surface area contributed by atoms with Crippen LogP contribution in [0.1, 0.15) is 11.0 Å². The van der Waals surface area contributed by atoms with Gasteiger partial charge in [0.25, 0.3) is 5.92 Å². The summed E-state index contributed by atoms with van der Waals surface area (Å²) in [5.74, 6) is -4.42. The number of amides is 1. The summed E-state index contributed by atoms with van der Waals surface area (Å²) in [5.41, 5.74) is 2.35. The van der Waals surface area contributed by atoms with Crippen LogP contribution in [0.4, 0.5) is 19.1 Å². The first-order valence-corrected chi connectivity index (χ1v) is 10.3. The second-order valence-electron chi connectivity index (χ2n) is 7.93. The smallest absolute Gasteiger partial charge is 0.286 e. The molecule has 13 heteroatoms. The molecule has 4 heterocycles. The Bertz CT molecular complexity index is 1490. The van der Waals surface area contributed by atoms with Gasteiger partial charge in [0.05, 0.1) is 29.8 Å². The van der Waals surface area contributed by atoms with Crippen molar-refractivity contribution in [1.29, 1.82) is 0 Å². The van der Waals surface area contributed by atoms with Crippen LogP contribution in [-0.4, -0.2) is 79.2 Å². The third kappa shape index (κ3) is 3.66. The van der Waals surface area contributed by atoms with Gasteiger partial charge in [0, 0.05) is 25.2 Å². The number of hydrogen-bond acceptors (Lipinski definition) is 7. The van der Waals surface area contributed by atoms with Crippen LogP contribution >= 0.6 is 0 Å². The lowest BCUT2D eigenvalue weighted by Gasteiger charge is -2.19. The van der Waals surface area contributed by atoms with E-state index in [2.05, 4.69) is 25.7 Å². The van der Waals surface area contributed by atoms with Crippen LogP contribution in [0.2, 0.25) is 0 Å². The minimum absolute atomic E-state index is 0.00880. The van der Waals surface area contributed by atoms with Crippen molar-refractivity contribution < 1.29 is 26.8 Å². The van der Waals surface area contributed by atoms with E-state index in [1.165, 1.54) is 22.3 Å². The van der Waals surface area contributed by atoms with Gasteiger partial charge in [0.15, 0.2) is 0 Å². The topological polar surface area (TPSA) is 102 Å². The van der Waals surface area contributed by atoms with Crippen molar-refractivity contribution in [3.8, 4) is 17.0 Å². The van der Waals surface area contributed by atoms with Crippen LogP contribution in [0.15, 0.2) is 30.5 Å². The molecule has 1 saturated heterocycles. The Hall–Kier alpha value is -3.90. The van der Waals surface area contributed by atoms with Crippen LogP contribution in [0.3, 0.4) is 0 Å². The van der Waals surface area contributed by atoms with Gasteiger partial charge < -0.3 is 15.0 Å². The van der Waals surface area contributed by atoms with Gasteiger partial charge in [-0.05, 0) is 23.8 Å². The maximum Gasteiger partial charge on any atom is 0.286 e. The molecule has 1 aromatic carbocycles. The van der Waals surface area contributed by atoms with Gasteiger partial charge in [-0.1, -0.05) is 11.3 Å². The average molecular weight is 477 g/mol. The van der Waals surface area contributed by atoms with E-state index in [-0.39, 0.29) is 30.4 Å². The molecule has 1 N–H and O–H groups in total. The van der Waals surface area contributed by atoms with Gasteiger partial charge in [-0.2, -0.15) is 4.98 Å². The second kappa shape index (κ2) is 8.15. The molecule has 1 fully saturated rings. The predicted octanol–water partition coefficient (Wildman–Crippen LogP) is 2.40. The normalized spacial score (nSPS) is 19.2. The number of hydrogen-bond donors (Lipinski definition) is 1. The lowest BCUT2D eigenvalue weighted by atomic mass is 10.1. The Morgan fingerprint density at radius 2 is 2.24 bits per heavy atom. The molecule has 1 atom stereocenters. The van der Waals surface area contributed by atoms with Crippen molar-refractivity contribution in [1.82, 2.24) is 34.5 Å². The fraction of sp³-hybridized carbons (Fsp3) is 0.381. The Kier molecular flexibility index (Phi) is 4.44. The van der Waals surface area contributed by atoms with E-state index in [4.69, 9.17) is 8.85 Å². The van der Waals surface area contributed by atoms with E-state index in [9.17, 15) is 18.0 Å². The zero-order valence-electron chi connectivity index (χ0n) is 20.9. The highest BCUT2D eigenvalue weighted by atomic mass is 19.3. The standard InChI is InChI=1S/C21H21F3N8O2/c1-12(33)30-10-17(21(23,24)11-30)25-20-26-19(34-2)18-14(5-7-32(18)28-20)13-3-4-15-16(9-13)31(8-6-22)29-27-15/h3-5,7,9,17H,6,8,10-11H2,1-2H3,(H,25,28)/t17-/m1/s1/i2D3. The van der Waals surface area contributed by atoms with E-state index in [0.29, 0.717) is 22.2 Å². The van der Waals surface area contributed by atoms with Gasteiger partial charge in [-0.3, -0.25) is 4.79 Å². The number of halogens is 3. The van der Waals surface area contributed by atoms with Gasteiger partial charge in [0.2, 0.25) is 17.7 Å². The predicted molar refractivity (Wildman–Crippen MR) is 117 cm³/mol. The number of likely N-dealkylation sites (tertiary alicyclic amines) is 1. The molecule has 1 aliphatic heterocycles. The number of fused-ring (bicyclic) bond motifs is 2. The molecule has 0 saturated carbocycles. The maximum atomic E-state index is 14.5. The molecular formula is C21H21F3N8O2. The van der Waals surface area contributed by atoms with E-state index >= 15 is 0 Å². The van der Waals surface area contributed by atoms with Crippen LogP contribution < -0.4 is 10.1 Å². The summed E-state index contributed by atoms with van der Waals surface area (Å²) in [5, 5.41) is 14.7. The summed E-state index contributed by atoms with van der Waals surface area (Å²) in [6.45, 7) is -0.471. The summed E-state index contributed by atoms with van der Waals surface area (Å²) in [4.78, 5) is 16.7. The molecule has 10 nitrogen and oxygen atoms in total. The monoisotopic (exact) mass is 477 g/mol. The van der Waals surface area contributed by atoms with Crippen molar-refractivity contribution >= 4 is 28.4 Å². The summed E-state index contributed by atoms with van der Waals surface area (Å²) in [6.07, 6.45) is 1.50. The molecule has 1 aliphatic rings. The lowest BCUT2D eigenvalue weighted by Crippen LogP contribution is -2.38. The van der Waals surface area contributed by atoms with Gasteiger partial charge in [0.1, 0.15) is 23.7 Å². The molecular weight excluding hydrogens is 453 g/mol. The van der Waals surface area contributed by atoms with E-state index in [1.54, 1.807) is 24.3 Å². The molecule has 34 heavy (non-hydrogen) atoms. The Balaban J connectivity index is 1.58. The van der Waals surface area contributed by atoms with Gasteiger partial charge in [-0.25, -0.2) is 22.4 Å². The number of nitrogens with one attached hydrogen (secondary N) is 1. The van der Waals surface area contributed by atoms with Crippen LogP contribution in [-0.2, 0) is 11.3 Å². The third-order valence-corrected chi connectivity index (χ3v) is 5.76. The minimum Gasteiger partial charge on any atom is -0.479 e. The molecule has 0 bridgehead atoms. The first kappa shape index (κ1) is 18.5. The van der Waals surface area contributed by atoms with E-state index in [0.717, 1.165) is 4.90 Å². The number of methoxy groups -OCH3 is 1. The lowest BCUT2D eigenvalue weighted by molar-refractivity contribution is -0.129.